The molecule has 176 valence electrons. The van der Waals surface area contributed by atoms with Crippen LogP contribution in [0.4, 0.5) is 5.82 Å². The molecule has 3 heterocycles. The molecule has 1 atom stereocenters. The Balaban J connectivity index is 1.43. The third-order valence-corrected chi connectivity index (χ3v) is 6.78. The van der Waals surface area contributed by atoms with Gasteiger partial charge in [0.1, 0.15) is 11.4 Å². The monoisotopic (exact) mass is 471 g/mol. The average Bonchev–Trinajstić information content (AvgIpc) is 3.15. The number of rotatable bonds is 9. The topological polar surface area (TPSA) is 127 Å². The van der Waals surface area contributed by atoms with Gasteiger partial charge in [-0.3, -0.25) is 4.79 Å². The van der Waals surface area contributed by atoms with Crippen molar-refractivity contribution in [1.29, 1.82) is 0 Å². The lowest BCUT2D eigenvalue weighted by atomic mass is 9.91. The maximum Gasteiger partial charge on any atom is 0.247 e. The zero-order valence-corrected chi connectivity index (χ0v) is 19.5. The van der Waals surface area contributed by atoms with Crippen LogP contribution in [0.15, 0.2) is 53.1 Å². The molecule has 4 rings (SSSR count). The number of carbonyl (C=O) groups is 1. The Morgan fingerprint density at radius 1 is 1.30 bits per heavy atom. The molecule has 0 bridgehead atoms. The van der Waals surface area contributed by atoms with E-state index in [1.807, 2.05) is 42.5 Å². The fourth-order valence-corrected chi connectivity index (χ4v) is 4.98. The van der Waals surface area contributed by atoms with Crippen molar-refractivity contribution in [3.8, 4) is 0 Å². The number of nitrogens with two attached hydrogens (primary N) is 1. The van der Waals surface area contributed by atoms with Crippen molar-refractivity contribution in [3.05, 3.63) is 69.9 Å². The molecule has 0 spiro atoms. The number of anilines is 1. The molecule has 8 nitrogen and oxygen atoms in total. The standard InChI is InChI=1S/C24H29N3O5S/c1-23(2,29)12-31-11-17-4-3-5-20(26-17)27-22-18(21(25)28)10-19(33-22)15-6-8-16(9-7-15)24(30)13-32-14-24/h3-9,19,29-30H,10-14H2,1-2H3,(H2,25,28)(H,26,27). The summed E-state index contributed by atoms with van der Waals surface area (Å²) in [5.74, 6) is 0.124. The number of primary amides is 1. The van der Waals surface area contributed by atoms with Gasteiger partial charge in [0.25, 0.3) is 0 Å². The first-order valence-electron chi connectivity index (χ1n) is 10.8. The highest BCUT2D eigenvalue weighted by molar-refractivity contribution is 8.03. The molecule has 1 aromatic carbocycles. The van der Waals surface area contributed by atoms with Crippen LogP contribution < -0.4 is 11.1 Å². The summed E-state index contributed by atoms with van der Waals surface area (Å²) in [5, 5.41) is 24.2. The molecule has 2 aliphatic rings. The van der Waals surface area contributed by atoms with Crippen molar-refractivity contribution < 1.29 is 24.5 Å². The molecule has 0 aliphatic carbocycles. The molecule has 1 amide bonds. The number of benzene rings is 1. The number of hydrogen-bond donors (Lipinski definition) is 4. The SMILES string of the molecule is CC(C)(O)COCc1cccc(NC2=C(C(N)=O)CC(c3ccc(C4(O)COC4)cc3)S2)n1. The smallest absolute Gasteiger partial charge is 0.247 e. The van der Waals surface area contributed by atoms with Gasteiger partial charge in [-0.1, -0.05) is 42.1 Å². The second kappa shape index (κ2) is 9.44. The van der Waals surface area contributed by atoms with Gasteiger partial charge in [-0.15, -0.1) is 0 Å². The van der Waals surface area contributed by atoms with Gasteiger partial charge in [0.2, 0.25) is 5.91 Å². The number of carbonyl (C=O) groups excluding carboxylic acids is 1. The van der Waals surface area contributed by atoms with E-state index in [0.29, 0.717) is 41.7 Å². The predicted octanol–water partition coefficient (Wildman–Crippen LogP) is 2.57. The predicted molar refractivity (Wildman–Crippen MR) is 126 cm³/mol. The number of nitrogens with one attached hydrogen (secondary N) is 1. The van der Waals surface area contributed by atoms with E-state index in [2.05, 4.69) is 10.3 Å². The second-order valence-corrected chi connectivity index (χ2v) is 10.3. The highest BCUT2D eigenvalue weighted by atomic mass is 32.2. The van der Waals surface area contributed by atoms with E-state index in [1.165, 1.54) is 11.8 Å². The second-order valence-electron chi connectivity index (χ2n) is 9.07. The van der Waals surface area contributed by atoms with E-state index in [4.69, 9.17) is 15.2 Å². The van der Waals surface area contributed by atoms with Crippen LogP contribution >= 0.6 is 11.8 Å². The molecule has 0 radical (unpaired) electrons. The fourth-order valence-electron chi connectivity index (χ4n) is 3.66. The van der Waals surface area contributed by atoms with Gasteiger partial charge in [-0.25, -0.2) is 4.98 Å². The third kappa shape index (κ3) is 5.74. The molecule has 1 saturated heterocycles. The van der Waals surface area contributed by atoms with Gasteiger partial charge in [0.05, 0.1) is 42.8 Å². The maximum atomic E-state index is 12.1. The molecule has 0 saturated carbocycles. The van der Waals surface area contributed by atoms with Crippen LogP contribution in [0, 0.1) is 0 Å². The molecule has 2 aromatic rings. The summed E-state index contributed by atoms with van der Waals surface area (Å²) in [4.78, 5) is 16.7. The van der Waals surface area contributed by atoms with Crippen LogP contribution in [0.25, 0.3) is 0 Å². The van der Waals surface area contributed by atoms with E-state index >= 15 is 0 Å². The Morgan fingerprint density at radius 3 is 2.64 bits per heavy atom. The number of aliphatic hydroxyl groups is 2. The Morgan fingerprint density at radius 2 is 2.03 bits per heavy atom. The zero-order valence-electron chi connectivity index (χ0n) is 18.7. The van der Waals surface area contributed by atoms with Crippen LogP contribution in [0.5, 0.6) is 0 Å². The molecule has 5 N–H and O–H groups in total. The summed E-state index contributed by atoms with van der Waals surface area (Å²) < 4.78 is 10.7. The lowest BCUT2D eigenvalue weighted by molar-refractivity contribution is -0.184. The van der Waals surface area contributed by atoms with Gasteiger partial charge in [0.15, 0.2) is 0 Å². The number of ether oxygens (including phenoxy) is 2. The molecule has 33 heavy (non-hydrogen) atoms. The summed E-state index contributed by atoms with van der Waals surface area (Å²) >= 11 is 1.53. The van der Waals surface area contributed by atoms with E-state index in [1.54, 1.807) is 13.8 Å². The molecule has 1 fully saturated rings. The quantitative estimate of drug-likeness (QED) is 0.440. The van der Waals surface area contributed by atoms with E-state index < -0.39 is 17.1 Å². The van der Waals surface area contributed by atoms with Gasteiger partial charge < -0.3 is 30.7 Å². The lowest BCUT2D eigenvalue weighted by Crippen LogP contribution is -2.46. The molecule has 9 heteroatoms. The number of pyridine rings is 1. The number of aromatic nitrogens is 1. The fraction of sp³-hybridized carbons (Fsp3) is 0.417. The van der Waals surface area contributed by atoms with Crippen molar-refractivity contribution >= 4 is 23.5 Å². The molecule has 2 aliphatic heterocycles. The van der Waals surface area contributed by atoms with Crippen molar-refractivity contribution in [2.75, 3.05) is 25.1 Å². The first-order valence-corrected chi connectivity index (χ1v) is 11.6. The Kier molecular flexibility index (Phi) is 6.78. The number of amides is 1. The van der Waals surface area contributed by atoms with Crippen LogP contribution in [0.3, 0.4) is 0 Å². The van der Waals surface area contributed by atoms with Gasteiger partial charge in [-0.2, -0.15) is 0 Å². The molecule has 1 aromatic heterocycles. The minimum atomic E-state index is -0.909. The summed E-state index contributed by atoms with van der Waals surface area (Å²) in [7, 11) is 0. The summed E-state index contributed by atoms with van der Waals surface area (Å²) in [6.07, 6.45) is 0.503. The van der Waals surface area contributed by atoms with E-state index in [-0.39, 0.29) is 18.5 Å². The number of nitrogens with zero attached hydrogens (tertiary/aromatic N) is 1. The van der Waals surface area contributed by atoms with Gasteiger partial charge >= 0.3 is 0 Å². The Hall–Kier alpha value is -2.43. The van der Waals surface area contributed by atoms with Crippen molar-refractivity contribution in [2.24, 2.45) is 5.73 Å². The highest BCUT2D eigenvalue weighted by Crippen LogP contribution is 2.47. The normalized spacial score (nSPS) is 19.9. The number of hydrogen-bond acceptors (Lipinski definition) is 8. The summed E-state index contributed by atoms with van der Waals surface area (Å²) in [5.41, 5.74) is 6.97. The first-order chi connectivity index (χ1) is 15.6. The van der Waals surface area contributed by atoms with Gasteiger partial charge in [0, 0.05) is 10.8 Å². The largest absolute Gasteiger partial charge is 0.388 e. The van der Waals surface area contributed by atoms with Crippen LogP contribution in [-0.2, 0) is 26.5 Å². The van der Waals surface area contributed by atoms with Crippen molar-refractivity contribution in [1.82, 2.24) is 4.98 Å². The van der Waals surface area contributed by atoms with Crippen LogP contribution in [0.1, 0.15) is 42.3 Å². The lowest BCUT2D eigenvalue weighted by Gasteiger charge is -2.36. The van der Waals surface area contributed by atoms with Crippen LogP contribution in [-0.4, -0.2) is 46.5 Å². The molecular weight excluding hydrogens is 442 g/mol. The average molecular weight is 472 g/mol. The van der Waals surface area contributed by atoms with E-state index in [9.17, 15) is 15.0 Å². The van der Waals surface area contributed by atoms with Crippen LogP contribution in [0.2, 0.25) is 0 Å². The van der Waals surface area contributed by atoms with Gasteiger partial charge in [-0.05, 0) is 43.5 Å². The highest BCUT2D eigenvalue weighted by Gasteiger charge is 2.38. The number of thioether (sulfide) groups is 1. The minimum Gasteiger partial charge on any atom is -0.388 e. The minimum absolute atomic E-state index is 0.0228. The van der Waals surface area contributed by atoms with Crippen molar-refractivity contribution in [3.63, 3.8) is 0 Å². The van der Waals surface area contributed by atoms with Crippen molar-refractivity contribution in [2.45, 2.75) is 43.3 Å². The zero-order chi connectivity index (χ0) is 23.6. The molecule has 1 unspecified atom stereocenters. The first kappa shape index (κ1) is 23.7. The third-order valence-electron chi connectivity index (χ3n) is 5.48. The maximum absolute atomic E-state index is 12.1. The summed E-state index contributed by atoms with van der Waals surface area (Å²) in [6.45, 7) is 4.44. The summed E-state index contributed by atoms with van der Waals surface area (Å²) in [6, 6.07) is 13.3. The Labute approximate surface area is 197 Å². The molecular formula is C24H29N3O5S. The van der Waals surface area contributed by atoms with E-state index in [0.717, 1.165) is 11.1 Å². The Bertz CT molecular complexity index is 1040.